The van der Waals surface area contributed by atoms with E-state index in [4.69, 9.17) is 0 Å². The zero-order valence-electron chi connectivity index (χ0n) is 10.4. The van der Waals surface area contributed by atoms with Gasteiger partial charge in [0.05, 0.1) is 6.61 Å². The van der Waals surface area contributed by atoms with Crippen LogP contribution in [0.15, 0.2) is 24.3 Å². The number of hydrogen-bond donors (Lipinski definition) is 1. The van der Waals surface area contributed by atoms with Crippen molar-refractivity contribution < 1.29 is 9.90 Å². The van der Waals surface area contributed by atoms with Gasteiger partial charge in [-0.3, -0.25) is 4.79 Å². The molecule has 3 nitrogen and oxygen atoms in total. The lowest BCUT2D eigenvalue weighted by Gasteiger charge is -2.23. The van der Waals surface area contributed by atoms with Crippen LogP contribution in [-0.2, 0) is 10.2 Å². The molecule has 92 valence electrons. The van der Waals surface area contributed by atoms with Crippen LogP contribution in [0, 0.1) is 0 Å². The van der Waals surface area contributed by atoms with Crippen molar-refractivity contribution in [1.29, 1.82) is 0 Å². The van der Waals surface area contributed by atoms with E-state index in [-0.39, 0.29) is 17.9 Å². The molecule has 0 saturated carbocycles. The van der Waals surface area contributed by atoms with E-state index >= 15 is 0 Å². The van der Waals surface area contributed by atoms with E-state index in [1.807, 2.05) is 43.0 Å². The highest BCUT2D eigenvalue weighted by Crippen LogP contribution is 2.27. The van der Waals surface area contributed by atoms with Crippen molar-refractivity contribution in [2.24, 2.45) is 0 Å². The van der Waals surface area contributed by atoms with Crippen LogP contribution in [0.25, 0.3) is 0 Å². The van der Waals surface area contributed by atoms with E-state index in [0.29, 0.717) is 6.42 Å². The van der Waals surface area contributed by atoms with Gasteiger partial charge in [-0.1, -0.05) is 26.0 Å². The van der Waals surface area contributed by atoms with Crippen molar-refractivity contribution in [3.63, 3.8) is 0 Å². The van der Waals surface area contributed by atoms with E-state index < -0.39 is 0 Å². The summed E-state index contributed by atoms with van der Waals surface area (Å²) in [4.78, 5) is 13.4. The van der Waals surface area contributed by atoms with Gasteiger partial charge < -0.3 is 10.0 Å². The first-order valence-corrected chi connectivity index (χ1v) is 6.06. The number of carbonyl (C=O) groups excluding carboxylic acids is 1. The first kappa shape index (κ1) is 12.1. The largest absolute Gasteiger partial charge is 0.395 e. The second-order valence-corrected chi connectivity index (χ2v) is 5.24. The topological polar surface area (TPSA) is 40.5 Å². The molecule has 1 saturated heterocycles. The number of amides is 1. The number of aliphatic hydroxyl groups is 1. The van der Waals surface area contributed by atoms with Gasteiger partial charge in [-0.2, -0.15) is 0 Å². The van der Waals surface area contributed by atoms with Gasteiger partial charge in [0.1, 0.15) is 0 Å². The summed E-state index contributed by atoms with van der Waals surface area (Å²) in [7, 11) is 0. The van der Waals surface area contributed by atoms with Crippen LogP contribution >= 0.6 is 0 Å². The lowest BCUT2D eigenvalue weighted by atomic mass is 9.85. The normalized spacial score (nSPS) is 16.6. The van der Waals surface area contributed by atoms with Crippen molar-refractivity contribution in [1.82, 2.24) is 0 Å². The Morgan fingerprint density at radius 2 is 1.94 bits per heavy atom. The smallest absolute Gasteiger partial charge is 0.227 e. The molecule has 17 heavy (non-hydrogen) atoms. The zero-order chi connectivity index (χ0) is 12.5. The van der Waals surface area contributed by atoms with E-state index in [1.165, 1.54) is 0 Å². The van der Waals surface area contributed by atoms with Gasteiger partial charge in [-0.05, 0) is 24.1 Å². The fourth-order valence-corrected chi connectivity index (χ4v) is 2.10. The third-order valence-electron chi connectivity index (χ3n) is 3.43. The van der Waals surface area contributed by atoms with Crippen molar-refractivity contribution in [3.8, 4) is 0 Å². The Morgan fingerprint density at radius 1 is 1.29 bits per heavy atom. The van der Waals surface area contributed by atoms with Crippen LogP contribution in [0.1, 0.15) is 32.3 Å². The summed E-state index contributed by atoms with van der Waals surface area (Å²) >= 11 is 0. The molecule has 1 aliphatic rings. The standard InChI is InChI=1S/C14H19NO2/c1-14(2,10-16)11-5-7-12(8-6-11)15-9-3-4-13(15)17/h5-8,16H,3-4,9-10H2,1-2H3. The second-order valence-electron chi connectivity index (χ2n) is 5.24. The molecular formula is C14H19NO2. The van der Waals surface area contributed by atoms with Crippen LogP contribution in [0.3, 0.4) is 0 Å². The van der Waals surface area contributed by atoms with Gasteiger partial charge >= 0.3 is 0 Å². The molecule has 0 bridgehead atoms. The van der Waals surface area contributed by atoms with Gasteiger partial charge in [0.15, 0.2) is 0 Å². The maximum Gasteiger partial charge on any atom is 0.227 e. The van der Waals surface area contributed by atoms with Crippen LogP contribution < -0.4 is 4.90 Å². The van der Waals surface area contributed by atoms with E-state index in [9.17, 15) is 9.90 Å². The molecular weight excluding hydrogens is 214 g/mol. The number of carbonyl (C=O) groups is 1. The van der Waals surface area contributed by atoms with Gasteiger partial charge in [0.2, 0.25) is 5.91 Å². The zero-order valence-corrected chi connectivity index (χ0v) is 10.4. The minimum absolute atomic E-state index is 0.120. The summed E-state index contributed by atoms with van der Waals surface area (Å²) in [6.07, 6.45) is 1.60. The van der Waals surface area contributed by atoms with Crippen LogP contribution in [0.4, 0.5) is 5.69 Å². The average Bonchev–Trinajstić information content (AvgIpc) is 2.76. The highest BCUT2D eigenvalue weighted by atomic mass is 16.3. The first-order chi connectivity index (χ1) is 8.04. The Balaban J connectivity index is 2.21. The summed E-state index contributed by atoms with van der Waals surface area (Å²) < 4.78 is 0. The third kappa shape index (κ3) is 2.34. The van der Waals surface area contributed by atoms with Crippen molar-refractivity contribution >= 4 is 11.6 Å². The average molecular weight is 233 g/mol. The molecule has 0 unspecified atom stereocenters. The minimum Gasteiger partial charge on any atom is -0.395 e. The number of hydrogen-bond acceptors (Lipinski definition) is 2. The van der Waals surface area contributed by atoms with Crippen molar-refractivity contribution in [2.45, 2.75) is 32.1 Å². The van der Waals surface area contributed by atoms with Gasteiger partial charge in [0.25, 0.3) is 0 Å². The Morgan fingerprint density at radius 3 is 2.41 bits per heavy atom. The molecule has 0 atom stereocenters. The predicted molar refractivity (Wildman–Crippen MR) is 68.1 cm³/mol. The maximum atomic E-state index is 11.6. The molecule has 0 aromatic heterocycles. The number of aliphatic hydroxyl groups excluding tert-OH is 1. The summed E-state index contributed by atoms with van der Waals surface area (Å²) in [5, 5.41) is 9.31. The van der Waals surface area contributed by atoms with E-state index in [1.54, 1.807) is 0 Å². The second kappa shape index (κ2) is 4.49. The molecule has 2 rings (SSSR count). The lowest BCUT2D eigenvalue weighted by molar-refractivity contribution is -0.117. The Kier molecular flexibility index (Phi) is 3.20. The highest BCUT2D eigenvalue weighted by Gasteiger charge is 2.23. The number of anilines is 1. The Hall–Kier alpha value is -1.35. The molecule has 1 fully saturated rings. The maximum absolute atomic E-state index is 11.6. The van der Waals surface area contributed by atoms with Crippen molar-refractivity contribution in [3.05, 3.63) is 29.8 Å². The molecule has 0 aliphatic carbocycles. The molecule has 3 heteroatoms. The molecule has 1 amide bonds. The minimum atomic E-state index is -0.229. The first-order valence-electron chi connectivity index (χ1n) is 6.06. The SMILES string of the molecule is CC(C)(CO)c1ccc(N2CCCC2=O)cc1. The third-order valence-corrected chi connectivity index (χ3v) is 3.43. The monoisotopic (exact) mass is 233 g/mol. The summed E-state index contributed by atoms with van der Waals surface area (Å²) in [5.41, 5.74) is 1.83. The van der Waals surface area contributed by atoms with Crippen LogP contribution in [-0.4, -0.2) is 24.2 Å². The van der Waals surface area contributed by atoms with Gasteiger partial charge in [-0.25, -0.2) is 0 Å². The quantitative estimate of drug-likeness (QED) is 0.868. The molecule has 1 aromatic carbocycles. The van der Waals surface area contributed by atoms with Gasteiger partial charge in [-0.15, -0.1) is 0 Å². The highest BCUT2D eigenvalue weighted by molar-refractivity contribution is 5.95. The number of benzene rings is 1. The lowest BCUT2D eigenvalue weighted by Crippen LogP contribution is -2.25. The van der Waals surface area contributed by atoms with E-state index in [2.05, 4.69) is 0 Å². The summed E-state index contributed by atoms with van der Waals surface area (Å²) in [6.45, 7) is 4.95. The Labute approximate surface area is 102 Å². The number of rotatable bonds is 3. The predicted octanol–water partition coefficient (Wildman–Crippen LogP) is 2.08. The fourth-order valence-electron chi connectivity index (χ4n) is 2.10. The van der Waals surface area contributed by atoms with Crippen LogP contribution in [0.2, 0.25) is 0 Å². The van der Waals surface area contributed by atoms with Crippen LogP contribution in [0.5, 0.6) is 0 Å². The molecule has 0 radical (unpaired) electrons. The molecule has 0 spiro atoms. The van der Waals surface area contributed by atoms with E-state index in [0.717, 1.165) is 24.2 Å². The summed E-state index contributed by atoms with van der Waals surface area (Å²) in [5.74, 6) is 0.208. The molecule has 1 N–H and O–H groups in total. The van der Waals surface area contributed by atoms with Crippen molar-refractivity contribution in [2.75, 3.05) is 18.1 Å². The van der Waals surface area contributed by atoms with Gasteiger partial charge in [0, 0.05) is 24.1 Å². The summed E-state index contributed by atoms with van der Waals surface area (Å²) in [6, 6.07) is 7.93. The molecule has 1 heterocycles. The molecule has 1 aliphatic heterocycles. The number of nitrogens with zero attached hydrogens (tertiary/aromatic N) is 1. The fraction of sp³-hybridized carbons (Fsp3) is 0.500. The Bertz CT molecular complexity index is 409. The molecule has 1 aromatic rings.